The van der Waals surface area contributed by atoms with Crippen molar-refractivity contribution in [3.05, 3.63) is 46.8 Å². The molecule has 1 aromatic heterocycles. The van der Waals surface area contributed by atoms with Crippen molar-refractivity contribution in [1.82, 2.24) is 4.57 Å². The summed E-state index contributed by atoms with van der Waals surface area (Å²) >= 11 is 1.28. The fraction of sp³-hybridized carbons (Fsp3) is 0.286. The number of rotatable bonds is 7. The highest BCUT2D eigenvalue weighted by Crippen LogP contribution is 2.31. The molecule has 1 heterocycles. The molecule has 30 heavy (non-hydrogen) atoms. The number of fused-ring (bicyclic) bond motifs is 1. The van der Waals surface area contributed by atoms with E-state index in [1.165, 1.54) is 32.7 Å². The summed E-state index contributed by atoms with van der Waals surface area (Å²) in [7, 11) is 4.27. The van der Waals surface area contributed by atoms with Gasteiger partial charge in [-0.15, -0.1) is 0 Å². The molecule has 0 fully saturated rings. The van der Waals surface area contributed by atoms with Crippen LogP contribution in [0.1, 0.15) is 17.3 Å². The monoisotopic (exact) mass is 430 g/mol. The molecule has 1 amide bonds. The highest BCUT2D eigenvalue weighted by Gasteiger charge is 2.18. The maximum atomic E-state index is 13.0. The predicted molar refractivity (Wildman–Crippen MR) is 112 cm³/mol. The number of amides is 1. The lowest BCUT2D eigenvalue weighted by molar-refractivity contribution is -0.141. The van der Waals surface area contributed by atoms with Crippen LogP contribution in [-0.4, -0.2) is 44.4 Å². The minimum absolute atomic E-state index is 0.0775. The zero-order valence-corrected chi connectivity index (χ0v) is 17.9. The third kappa shape index (κ3) is 4.30. The molecule has 0 aliphatic heterocycles. The Balaban J connectivity index is 2.16. The van der Waals surface area contributed by atoms with Crippen LogP contribution < -0.4 is 19.0 Å². The summed E-state index contributed by atoms with van der Waals surface area (Å²) in [6.45, 7) is 2.35. The van der Waals surface area contributed by atoms with Gasteiger partial charge in [0.2, 0.25) is 0 Å². The summed E-state index contributed by atoms with van der Waals surface area (Å²) in [5.41, 5.74) is 1.01. The number of benzene rings is 2. The molecule has 2 aromatic carbocycles. The number of carbonyl (C=O) groups excluding carboxylic acids is 2. The van der Waals surface area contributed by atoms with E-state index in [0.29, 0.717) is 28.7 Å². The molecular formula is C21H22N2O6S. The van der Waals surface area contributed by atoms with Crippen LogP contribution in [0.5, 0.6) is 17.2 Å². The lowest BCUT2D eigenvalue weighted by Crippen LogP contribution is -2.22. The van der Waals surface area contributed by atoms with Gasteiger partial charge in [-0.1, -0.05) is 17.4 Å². The lowest BCUT2D eigenvalue weighted by Gasteiger charge is -2.10. The van der Waals surface area contributed by atoms with Gasteiger partial charge in [0.05, 0.1) is 43.7 Å². The highest BCUT2D eigenvalue weighted by molar-refractivity contribution is 7.16. The summed E-state index contributed by atoms with van der Waals surface area (Å²) in [4.78, 5) is 29.6. The maximum Gasteiger partial charge on any atom is 0.325 e. The van der Waals surface area contributed by atoms with E-state index >= 15 is 0 Å². The molecule has 158 valence electrons. The van der Waals surface area contributed by atoms with E-state index in [-0.39, 0.29) is 12.1 Å². The number of aromatic nitrogens is 1. The number of para-hydroxylation sites is 1. The van der Waals surface area contributed by atoms with Crippen LogP contribution in [0.2, 0.25) is 0 Å². The van der Waals surface area contributed by atoms with E-state index in [2.05, 4.69) is 4.99 Å². The Morgan fingerprint density at radius 2 is 1.90 bits per heavy atom. The van der Waals surface area contributed by atoms with Crippen molar-refractivity contribution in [1.29, 1.82) is 0 Å². The van der Waals surface area contributed by atoms with Gasteiger partial charge in [-0.2, -0.15) is 4.99 Å². The number of nitrogens with zero attached hydrogens (tertiary/aromatic N) is 2. The van der Waals surface area contributed by atoms with Crippen LogP contribution >= 0.6 is 11.3 Å². The van der Waals surface area contributed by atoms with Gasteiger partial charge >= 0.3 is 5.97 Å². The number of thiazole rings is 1. The molecule has 0 bridgehead atoms. The molecule has 0 saturated carbocycles. The van der Waals surface area contributed by atoms with Crippen molar-refractivity contribution in [3.8, 4) is 17.2 Å². The van der Waals surface area contributed by atoms with E-state index < -0.39 is 11.9 Å². The minimum atomic E-state index is -0.513. The second-order valence-electron chi connectivity index (χ2n) is 6.07. The number of carbonyl (C=O) groups is 2. The average Bonchev–Trinajstić information content (AvgIpc) is 3.08. The number of esters is 1. The van der Waals surface area contributed by atoms with Crippen LogP contribution in [-0.2, 0) is 16.1 Å². The van der Waals surface area contributed by atoms with E-state index in [1.54, 1.807) is 22.8 Å². The topological polar surface area (TPSA) is 88.4 Å². The smallest absolute Gasteiger partial charge is 0.325 e. The Labute approximate surface area is 177 Å². The SMILES string of the molecule is CCOc1ccc2c(c1)sc(=NC(=O)c1cccc(OC)c1OC)n2CC(=O)OC. The first-order chi connectivity index (χ1) is 14.5. The lowest BCUT2D eigenvalue weighted by atomic mass is 10.2. The molecule has 3 aromatic rings. The molecule has 0 atom stereocenters. The Hall–Kier alpha value is -3.33. The Bertz CT molecular complexity index is 1150. The number of methoxy groups -OCH3 is 3. The number of hydrogen-bond donors (Lipinski definition) is 0. The first-order valence-electron chi connectivity index (χ1n) is 9.15. The molecular weight excluding hydrogens is 408 g/mol. The maximum absolute atomic E-state index is 13.0. The fourth-order valence-corrected chi connectivity index (χ4v) is 4.00. The van der Waals surface area contributed by atoms with Gasteiger partial charge in [-0.25, -0.2) is 0 Å². The van der Waals surface area contributed by atoms with Crippen LogP contribution in [0.15, 0.2) is 41.4 Å². The summed E-state index contributed by atoms with van der Waals surface area (Å²) in [6.07, 6.45) is 0. The summed E-state index contributed by atoms with van der Waals surface area (Å²) in [6, 6.07) is 10.5. The summed E-state index contributed by atoms with van der Waals surface area (Å²) < 4.78 is 23.4. The van der Waals surface area contributed by atoms with E-state index in [9.17, 15) is 9.59 Å². The van der Waals surface area contributed by atoms with Crippen molar-refractivity contribution >= 4 is 33.4 Å². The van der Waals surface area contributed by atoms with Crippen molar-refractivity contribution in [3.63, 3.8) is 0 Å². The third-order valence-electron chi connectivity index (χ3n) is 4.31. The highest BCUT2D eigenvalue weighted by atomic mass is 32.1. The van der Waals surface area contributed by atoms with Gasteiger partial charge in [0.1, 0.15) is 12.3 Å². The van der Waals surface area contributed by atoms with Gasteiger partial charge in [-0.3, -0.25) is 9.59 Å². The van der Waals surface area contributed by atoms with Crippen LogP contribution in [0, 0.1) is 0 Å². The number of ether oxygens (including phenoxy) is 4. The Kier molecular flexibility index (Phi) is 6.73. The van der Waals surface area contributed by atoms with Crippen LogP contribution in [0.3, 0.4) is 0 Å². The Morgan fingerprint density at radius 1 is 1.10 bits per heavy atom. The summed E-state index contributed by atoms with van der Waals surface area (Å²) in [5, 5.41) is 0. The standard InChI is InChI=1S/C21H22N2O6S/c1-5-29-13-9-10-15-17(11-13)30-21(23(15)12-18(24)27-3)22-20(25)14-7-6-8-16(26-2)19(14)28-4/h6-11H,5,12H2,1-4H3. The van der Waals surface area contributed by atoms with E-state index in [4.69, 9.17) is 18.9 Å². The fourth-order valence-electron chi connectivity index (χ4n) is 2.94. The van der Waals surface area contributed by atoms with Gasteiger partial charge in [0, 0.05) is 0 Å². The first kappa shape index (κ1) is 21.4. The first-order valence-corrected chi connectivity index (χ1v) is 9.97. The predicted octanol–water partition coefficient (Wildman–Crippen LogP) is 3.03. The third-order valence-corrected chi connectivity index (χ3v) is 5.35. The minimum Gasteiger partial charge on any atom is -0.494 e. The molecule has 0 aliphatic rings. The van der Waals surface area contributed by atoms with Crippen molar-refractivity contribution in [2.45, 2.75) is 13.5 Å². The molecule has 3 rings (SSSR count). The molecule has 0 unspecified atom stereocenters. The summed E-state index contributed by atoms with van der Waals surface area (Å²) in [5.74, 6) is 0.466. The van der Waals surface area contributed by atoms with Crippen LogP contribution in [0.25, 0.3) is 10.2 Å². The van der Waals surface area contributed by atoms with Crippen molar-refractivity contribution in [2.24, 2.45) is 4.99 Å². The zero-order valence-electron chi connectivity index (χ0n) is 17.1. The van der Waals surface area contributed by atoms with Crippen molar-refractivity contribution < 1.29 is 28.5 Å². The number of hydrogen-bond acceptors (Lipinski definition) is 7. The van der Waals surface area contributed by atoms with Crippen LogP contribution in [0.4, 0.5) is 0 Å². The molecule has 0 saturated heterocycles. The van der Waals surface area contributed by atoms with Gasteiger partial charge < -0.3 is 23.5 Å². The quantitative estimate of drug-likeness (QED) is 0.536. The van der Waals surface area contributed by atoms with E-state index in [1.807, 2.05) is 25.1 Å². The molecule has 0 aliphatic carbocycles. The molecule has 0 N–H and O–H groups in total. The second kappa shape index (κ2) is 9.45. The molecule has 0 radical (unpaired) electrons. The van der Waals surface area contributed by atoms with E-state index in [0.717, 1.165) is 10.2 Å². The average molecular weight is 430 g/mol. The second-order valence-corrected chi connectivity index (χ2v) is 7.08. The molecule has 9 heteroatoms. The normalized spacial score (nSPS) is 11.4. The van der Waals surface area contributed by atoms with Gasteiger partial charge in [0.25, 0.3) is 5.91 Å². The zero-order chi connectivity index (χ0) is 21.7. The Morgan fingerprint density at radius 3 is 2.57 bits per heavy atom. The molecule has 0 spiro atoms. The molecule has 8 nitrogen and oxygen atoms in total. The largest absolute Gasteiger partial charge is 0.494 e. The van der Waals surface area contributed by atoms with Gasteiger partial charge in [0.15, 0.2) is 16.3 Å². The van der Waals surface area contributed by atoms with Gasteiger partial charge in [-0.05, 0) is 37.3 Å². The van der Waals surface area contributed by atoms with Crippen molar-refractivity contribution in [2.75, 3.05) is 27.9 Å².